The molecule has 0 heterocycles. The minimum absolute atomic E-state index is 0.0406. The molecule has 0 aromatic carbocycles. The fraction of sp³-hybridized carbons (Fsp3) is 0.917. The quantitative estimate of drug-likeness (QED) is 0.598. The van der Waals surface area contributed by atoms with Crippen LogP contribution in [0.3, 0.4) is 0 Å². The van der Waals surface area contributed by atoms with Crippen LogP contribution in [0.2, 0.25) is 0 Å². The van der Waals surface area contributed by atoms with Crippen molar-refractivity contribution in [2.24, 2.45) is 29.6 Å². The summed E-state index contributed by atoms with van der Waals surface area (Å²) in [6.45, 7) is 0. The van der Waals surface area contributed by atoms with Crippen molar-refractivity contribution in [3.63, 3.8) is 0 Å². The number of carbonyl (C=O) groups is 1. The molecule has 0 saturated heterocycles. The molecule has 2 bridgehead atoms. The predicted molar refractivity (Wildman–Crippen MR) is 52.6 cm³/mol. The Bertz CT molecular complexity index is 243. The lowest BCUT2D eigenvalue weighted by atomic mass is 9.82. The molecule has 0 amide bonds. The average molecular weight is 194 g/mol. The van der Waals surface area contributed by atoms with Crippen molar-refractivity contribution in [3.8, 4) is 0 Å². The highest BCUT2D eigenvalue weighted by Gasteiger charge is 2.53. The van der Waals surface area contributed by atoms with Gasteiger partial charge in [-0.2, -0.15) is 0 Å². The van der Waals surface area contributed by atoms with E-state index in [9.17, 15) is 4.79 Å². The third kappa shape index (κ3) is 1.06. The van der Waals surface area contributed by atoms with E-state index >= 15 is 0 Å². The van der Waals surface area contributed by atoms with Gasteiger partial charge < -0.3 is 4.74 Å². The van der Waals surface area contributed by atoms with Gasteiger partial charge >= 0.3 is 5.97 Å². The number of ether oxygens (including phenoxy) is 1. The van der Waals surface area contributed by atoms with Gasteiger partial charge in [-0.1, -0.05) is 0 Å². The maximum absolute atomic E-state index is 11.5. The van der Waals surface area contributed by atoms with E-state index in [-0.39, 0.29) is 11.9 Å². The smallest absolute Gasteiger partial charge is 0.308 e. The second kappa shape index (κ2) is 2.98. The molecule has 0 aromatic rings. The van der Waals surface area contributed by atoms with Crippen molar-refractivity contribution in [2.75, 3.05) is 7.11 Å². The Hall–Kier alpha value is -0.530. The largest absolute Gasteiger partial charge is 0.469 e. The first-order valence-electron chi connectivity index (χ1n) is 5.87. The van der Waals surface area contributed by atoms with Crippen LogP contribution in [0.1, 0.15) is 32.1 Å². The molecule has 0 aliphatic heterocycles. The molecule has 78 valence electrons. The summed E-state index contributed by atoms with van der Waals surface area (Å²) in [4.78, 5) is 11.5. The summed E-state index contributed by atoms with van der Waals surface area (Å²) in [6.07, 6.45) is 6.57. The van der Waals surface area contributed by atoms with Gasteiger partial charge in [0.05, 0.1) is 13.0 Å². The summed E-state index contributed by atoms with van der Waals surface area (Å²) in [6, 6.07) is 0. The minimum atomic E-state index is 0.0406. The summed E-state index contributed by atoms with van der Waals surface area (Å²) < 4.78 is 4.85. The van der Waals surface area contributed by atoms with E-state index in [1.165, 1.54) is 26.4 Å². The molecular formula is C12H18O2. The lowest BCUT2D eigenvalue weighted by Crippen LogP contribution is -2.15. The maximum Gasteiger partial charge on any atom is 0.308 e. The van der Waals surface area contributed by atoms with Crippen molar-refractivity contribution in [1.82, 2.24) is 0 Å². The third-order valence-corrected chi connectivity index (χ3v) is 4.92. The minimum Gasteiger partial charge on any atom is -0.469 e. The fourth-order valence-electron chi connectivity index (χ4n) is 4.38. The van der Waals surface area contributed by atoms with Crippen LogP contribution in [0.15, 0.2) is 0 Å². The zero-order valence-corrected chi connectivity index (χ0v) is 8.74. The van der Waals surface area contributed by atoms with Crippen LogP contribution in [0.25, 0.3) is 0 Å². The Morgan fingerprint density at radius 1 is 1.07 bits per heavy atom. The first-order chi connectivity index (χ1) is 6.79. The standard InChI is InChI=1S/C12H18O2/c1-14-12(13)9-5-10-7-2-3-8(4-7)11(10)6-9/h7-11H,2-6H2,1H3. The van der Waals surface area contributed by atoms with Gasteiger partial charge in [0.2, 0.25) is 0 Å². The number of methoxy groups -OCH3 is 1. The molecule has 4 unspecified atom stereocenters. The Balaban J connectivity index is 1.73. The molecule has 2 nitrogen and oxygen atoms in total. The van der Waals surface area contributed by atoms with Crippen LogP contribution in [0, 0.1) is 29.6 Å². The molecule has 3 aliphatic carbocycles. The van der Waals surface area contributed by atoms with Gasteiger partial charge in [0.15, 0.2) is 0 Å². The van der Waals surface area contributed by atoms with Crippen molar-refractivity contribution in [1.29, 1.82) is 0 Å². The summed E-state index contributed by atoms with van der Waals surface area (Å²) >= 11 is 0. The Morgan fingerprint density at radius 2 is 1.64 bits per heavy atom. The fourth-order valence-corrected chi connectivity index (χ4v) is 4.38. The van der Waals surface area contributed by atoms with Crippen LogP contribution < -0.4 is 0 Å². The number of hydrogen-bond donors (Lipinski definition) is 0. The normalized spacial score (nSPS) is 49.4. The molecule has 0 spiro atoms. The second-order valence-corrected chi connectivity index (χ2v) is 5.35. The van der Waals surface area contributed by atoms with E-state index in [1.807, 2.05) is 0 Å². The first-order valence-corrected chi connectivity index (χ1v) is 5.87. The van der Waals surface area contributed by atoms with Gasteiger partial charge in [-0.05, 0) is 55.8 Å². The van der Waals surface area contributed by atoms with Gasteiger partial charge in [-0.25, -0.2) is 0 Å². The van der Waals surface area contributed by atoms with E-state index in [2.05, 4.69) is 0 Å². The van der Waals surface area contributed by atoms with E-state index in [1.54, 1.807) is 0 Å². The SMILES string of the molecule is COC(=O)C1CC2C3CCC(C3)C2C1. The molecule has 3 fully saturated rings. The van der Waals surface area contributed by atoms with Crippen molar-refractivity contribution in [3.05, 3.63) is 0 Å². The first kappa shape index (κ1) is 8.75. The van der Waals surface area contributed by atoms with E-state index in [0.29, 0.717) is 0 Å². The van der Waals surface area contributed by atoms with Crippen LogP contribution in [0.5, 0.6) is 0 Å². The Morgan fingerprint density at radius 3 is 2.14 bits per heavy atom. The lowest BCUT2D eigenvalue weighted by Gasteiger charge is -2.23. The van der Waals surface area contributed by atoms with Crippen molar-refractivity contribution in [2.45, 2.75) is 32.1 Å². The second-order valence-electron chi connectivity index (χ2n) is 5.35. The monoisotopic (exact) mass is 194 g/mol. The molecule has 3 saturated carbocycles. The zero-order valence-electron chi connectivity index (χ0n) is 8.74. The number of hydrogen-bond acceptors (Lipinski definition) is 2. The van der Waals surface area contributed by atoms with E-state index < -0.39 is 0 Å². The molecule has 3 rings (SSSR count). The topological polar surface area (TPSA) is 26.3 Å². The molecular weight excluding hydrogens is 176 g/mol. The molecule has 2 heteroatoms. The van der Waals surface area contributed by atoms with Gasteiger partial charge in [0, 0.05) is 0 Å². The van der Waals surface area contributed by atoms with Gasteiger partial charge in [0.25, 0.3) is 0 Å². The Kier molecular flexibility index (Phi) is 1.86. The summed E-state index contributed by atoms with van der Waals surface area (Å²) in [5, 5.41) is 0. The van der Waals surface area contributed by atoms with Gasteiger partial charge in [0.1, 0.15) is 0 Å². The average Bonchev–Trinajstić information content (AvgIpc) is 2.87. The number of fused-ring (bicyclic) bond motifs is 5. The number of rotatable bonds is 1. The highest BCUT2D eigenvalue weighted by Crippen LogP contribution is 2.60. The number of carbonyl (C=O) groups excluding carboxylic acids is 1. The van der Waals surface area contributed by atoms with Crippen LogP contribution >= 0.6 is 0 Å². The molecule has 0 aromatic heterocycles. The number of esters is 1. The van der Waals surface area contributed by atoms with Crippen molar-refractivity contribution >= 4 is 5.97 Å². The summed E-state index contributed by atoms with van der Waals surface area (Å²) in [5.74, 6) is 3.94. The zero-order chi connectivity index (χ0) is 9.71. The molecule has 0 radical (unpaired) electrons. The predicted octanol–water partition coefficient (Wildman–Crippen LogP) is 2.23. The summed E-state index contributed by atoms with van der Waals surface area (Å²) in [7, 11) is 1.52. The molecule has 0 N–H and O–H groups in total. The maximum atomic E-state index is 11.5. The van der Waals surface area contributed by atoms with Crippen LogP contribution in [-0.2, 0) is 9.53 Å². The Labute approximate surface area is 85.0 Å². The van der Waals surface area contributed by atoms with E-state index in [0.717, 1.165) is 36.5 Å². The van der Waals surface area contributed by atoms with Crippen molar-refractivity contribution < 1.29 is 9.53 Å². The highest BCUT2D eigenvalue weighted by molar-refractivity contribution is 5.72. The molecule has 3 aliphatic rings. The molecule has 4 atom stereocenters. The summed E-state index contributed by atoms with van der Waals surface area (Å²) in [5.41, 5.74) is 0. The lowest BCUT2D eigenvalue weighted by molar-refractivity contribution is -0.145. The van der Waals surface area contributed by atoms with Gasteiger partial charge in [-0.15, -0.1) is 0 Å². The van der Waals surface area contributed by atoms with Gasteiger partial charge in [-0.3, -0.25) is 4.79 Å². The highest BCUT2D eigenvalue weighted by atomic mass is 16.5. The third-order valence-electron chi connectivity index (χ3n) is 4.92. The van der Waals surface area contributed by atoms with Crippen LogP contribution in [-0.4, -0.2) is 13.1 Å². The van der Waals surface area contributed by atoms with Crippen LogP contribution in [0.4, 0.5) is 0 Å². The van der Waals surface area contributed by atoms with E-state index in [4.69, 9.17) is 4.74 Å². The molecule has 14 heavy (non-hydrogen) atoms.